The molecule has 1 heterocycles. The molecule has 0 spiro atoms. The van der Waals surface area contributed by atoms with E-state index in [1.807, 2.05) is 35.2 Å². The van der Waals surface area contributed by atoms with Gasteiger partial charge in [-0.1, -0.05) is 30.3 Å². The fourth-order valence-corrected chi connectivity index (χ4v) is 4.56. The Morgan fingerprint density at radius 2 is 1.64 bits per heavy atom. The fraction of sp³-hybridized carbons (Fsp3) is 0.350. The summed E-state index contributed by atoms with van der Waals surface area (Å²) in [6, 6.07) is 11.8. The molecule has 1 fully saturated rings. The lowest BCUT2D eigenvalue weighted by Gasteiger charge is -2.33. The van der Waals surface area contributed by atoms with E-state index < -0.39 is 27.5 Å². The molecule has 0 aromatic heterocycles. The van der Waals surface area contributed by atoms with Crippen LogP contribution in [0.1, 0.15) is 17.2 Å². The van der Waals surface area contributed by atoms with Crippen LogP contribution in [0.2, 0.25) is 0 Å². The largest absolute Gasteiger partial charge is 0.354 e. The van der Waals surface area contributed by atoms with Gasteiger partial charge in [0.05, 0.1) is 11.5 Å². The van der Waals surface area contributed by atoms with Gasteiger partial charge in [-0.05, 0) is 29.7 Å². The highest BCUT2D eigenvalue weighted by atomic mass is 32.2. The summed E-state index contributed by atoms with van der Waals surface area (Å²) in [5.74, 6) is -1.53. The van der Waals surface area contributed by atoms with Gasteiger partial charge in [0.1, 0.15) is 17.7 Å². The Kier molecular flexibility index (Phi) is 6.41. The van der Waals surface area contributed by atoms with Gasteiger partial charge in [-0.25, -0.2) is 17.2 Å². The van der Waals surface area contributed by atoms with Crippen molar-refractivity contribution < 1.29 is 22.0 Å². The fourth-order valence-electron chi connectivity index (χ4n) is 3.33. The molecule has 8 heteroatoms. The van der Waals surface area contributed by atoms with Gasteiger partial charge >= 0.3 is 0 Å². The Balaban J connectivity index is 1.68. The van der Waals surface area contributed by atoms with Crippen molar-refractivity contribution in [3.63, 3.8) is 0 Å². The second kappa shape index (κ2) is 8.79. The number of amides is 1. The van der Waals surface area contributed by atoms with Crippen LogP contribution in [0, 0.1) is 11.6 Å². The molecule has 2 aromatic rings. The number of hydrogen-bond donors (Lipinski definition) is 1. The van der Waals surface area contributed by atoms with Gasteiger partial charge in [-0.15, -0.1) is 0 Å². The lowest BCUT2D eigenvalue weighted by Crippen LogP contribution is -2.47. The number of nitrogens with zero attached hydrogens (tertiary/aromatic N) is 1. The third-order valence-electron chi connectivity index (χ3n) is 4.74. The average Bonchev–Trinajstić information content (AvgIpc) is 2.63. The van der Waals surface area contributed by atoms with Gasteiger partial charge in [0.25, 0.3) is 0 Å². The maximum atomic E-state index is 13.3. The molecular weight excluding hydrogens is 386 g/mol. The first-order valence-electron chi connectivity index (χ1n) is 9.06. The second-order valence-electron chi connectivity index (χ2n) is 6.82. The van der Waals surface area contributed by atoms with Gasteiger partial charge in [0, 0.05) is 25.7 Å². The average molecular weight is 408 g/mol. The molecule has 0 radical (unpaired) electrons. The Morgan fingerprint density at radius 3 is 2.25 bits per heavy atom. The summed E-state index contributed by atoms with van der Waals surface area (Å²) in [5.41, 5.74) is 1.23. The molecule has 1 atom stereocenters. The van der Waals surface area contributed by atoms with E-state index in [0.29, 0.717) is 5.56 Å². The lowest BCUT2D eigenvalue weighted by molar-refractivity contribution is -0.126. The number of nitrogens with one attached hydrogen (secondary N) is 1. The van der Waals surface area contributed by atoms with Crippen molar-refractivity contribution in [3.8, 4) is 0 Å². The zero-order valence-corrected chi connectivity index (χ0v) is 16.1. The van der Waals surface area contributed by atoms with E-state index in [2.05, 4.69) is 5.32 Å². The predicted octanol–water partition coefficient (Wildman–Crippen LogP) is 2.10. The molecule has 150 valence electrons. The normalized spacial score (nSPS) is 17.8. The van der Waals surface area contributed by atoms with Gasteiger partial charge in [0.2, 0.25) is 5.91 Å². The van der Waals surface area contributed by atoms with Gasteiger partial charge in [-0.3, -0.25) is 9.69 Å². The molecule has 0 aliphatic carbocycles. The summed E-state index contributed by atoms with van der Waals surface area (Å²) in [6.45, 7) is 0.784. The molecule has 5 nitrogen and oxygen atoms in total. The molecule has 1 amide bonds. The summed E-state index contributed by atoms with van der Waals surface area (Å²) in [5, 5.41) is 2.81. The number of sulfone groups is 1. The summed E-state index contributed by atoms with van der Waals surface area (Å²) >= 11 is 0. The number of halogens is 2. The van der Waals surface area contributed by atoms with Gasteiger partial charge in [-0.2, -0.15) is 0 Å². The maximum Gasteiger partial charge on any atom is 0.241 e. The predicted molar refractivity (Wildman–Crippen MR) is 102 cm³/mol. The van der Waals surface area contributed by atoms with Crippen molar-refractivity contribution in [2.24, 2.45) is 0 Å². The summed E-state index contributed by atoms with van der Waals surface area (Å²) in [7, 11) is -3.06. The molecule has 0 bridgehead atoms. The van der Waals surface area contributed by atoms with Crippen molar-refractivity contribution in [2.75, 3.05) is 31.1 Å². The third kappa shape index (κ3) is 5.36. The van der Waals surface area contributed by atoms with Crippen molar-refractivity contribution in [1.82, 2.24) is 10.2 Å². The Hall–Kier alpha value is -2.32. The first kappa shape index (κ1) is 20.4. The molecule has 28 heavy (non-hydrogen) atoms. The number of benzene rings is 2. The Bertz CT molecular complexity index is 901. The minimum Gasteiger partial charge on any atom is -0.354 e. The van der Waals surface area contributed by atoms with E-state index in [9.17, 15) is 22.0 Å². The van der Waals surface area contributed by atoms with Crippen LogP contribution in [0.4, 0.5) is 8.78 Å². The molecule has 1 aliphatic heterocycles. The van der Waals surface area contributed by atoms with E-state index >= 15 is 0 Å². The summed E-state index contributed by atoms with van der Waals surface area (Å²) in [4.78, 5) is 14.7. The summed E-state index contributed by atoms with van der Waals surface area (Å²) < 4.78 is 50.0. The molecule has 3 rings (SSSR count). The second-order valence-corrected chi connectivity index (χ2v) is 9.12. The van der Waals surface area contributed by atoms with E-state index in [1.165, 1.54) is 12.1 Å². The van der Waals surface area contributed by atoms with Gasteiger partial charge < -0.3 is 5.32 Å². The van der Waals surface area contributed by atoms with Crippen LogP contribution in [0.5, 0.6) is 0 Å². The smallest absolute Gasteiger partial charge is 0.241 e. The minimum atomic E-state index is -3.06. The maximum absolute atomic E-state index is 13.3. The molecule has 1 N–H and O–H groups in total. The molecule has 1 unspecified atom stereocenters. The molecule has 1 saturated heterocycles. The number of carbonyl (C=O) groups excluding carboxylic acids is 1. The van der Waals surface area contributed by atoms with Crippen LogP contribution in [0.15, 0.2) is 48.5 Å². The zero-order chi connectivity index (χ0) is 20.1. The molecule has 1 aliphatic rings. The Morgan fingerprint density at radius 1 is 1.04 bits per heavy atom. The number of rotatable bonds is 6. The SMILES string of the molecule is O=C(NCCc1cc(F)cc(F)c1)C(c1ccccc1)N1CCS(=O)(=O)CC1. The van der Waals surface area contributed by atoms with Crippen molar-refractivity contribution in [3.05, 3.63) is 71.3 Å². The highest BCUT2D eigenvalue weighted by Gasteiger charge is 2.32. The number of hydrogen-bond acceptors (Lipinski definition) is 4. The van der Waals surface area contributed by atoms with Crippen LogP contribution in [-0.4, -0.2) is 50.4 Å². The van der Waals surface area contributed by atoms with Crippen LogP contribution in [0.25, 0.3) is 0 Å². The van der Waals surface area contributed by atoms with Crippen LogP contribution >= 0.6 is 0 Å². The van der Waals surface area contributed by atoms with Crippen LogP contribution in [0.3, 0.4) is 0 Å². The summed E-state index contributed by atoms with van der Waals surface area (Å²) in [6.07, 6.45) is 0.288. The first-order valence-corrected chi connectivity index (χ1v) is 10.9. The number of carbonyl (C=O) groups is 1. The molecule has 2 aromatic carbocycles. The topological polar surface area (TPSA) is 66.5 Å². The monoisotopic (exact) mass is 408 g/mol. The molecule has 0 saturated carbocycles. The van der Waals surface area contributed by atoms with E-state index in [4.69, 9.17) is 0 Å². The van der Waals surface area contributed by atoms with Crippen molar-refractivity contribution >= 4 is 15.7 Å². The lowest BCUT2D eigenvalue weighted by atomic mass is 10.0. The minimum absolute atomic E-state index is 0.0200. The zero-order valence-electron chi connectivity index (χ0n) is 15.3. The van der Waals surface area contributed by atoms with E-state index in [-0.39, 0.29) is 43.5 Å². The highest BCUT2D eigenvalue weighted by molar-refractivity contribution is 7.91. The van der Waals surface area contributed by atoms with E-state index in [0.717, 1.165) is 11.6 Å². The first-order chi connectivity index (χ1) is 13.3. The van der Waals surface area contributed by atoms with Crippen molar-refractivity contribution in [1.29, 1.82) is 0 Å². The van der Waals surface area contributed by atoms with Crippen molar-refractivity contribution in [2.45, 2.75) is 12.5 Å². The van der Waals surface area contributed by atoms with Gasteiger partial charge in [0.15, 0.2) is 9.84 Å². The highest BCUT2D eigenvalue weighted by Crippen LogP contribution is 2.23. The van der Waals surface area contributed by atoms with Crippen LogP contribution in [-0.2, 0) is 21.1 Å². The quantitative estimate of drug-likeness (QED) is 0.795. The van der Waals surface area contributed by atoms with Crippen LogP contribution < -0.4 is 5.32 Å². The third-order valence-corrected chi connectivity index (χ3v) is 6.35. The molecular formula is C20H22F2N2O3S. The standard InChI is InChI=1S/C20H22F2N2O3S/c21-17-12-15(13-18(22)14-17)6-7-23-20(25)19(16-4-2-1-3-5-16)24-8-10-28(26,27)11-9-24/h1-5,12-14,19H,6-11H2,(H,23,25). The van der Waals surface area contributed by atoms with E-state index in [1.54, 1.807) is 0 Å². The Labute approximate surface area is 163 Å².